The molecular formula is C14H16BrN3O3S. The molecule has 118 valence electrons. The molecule has 0 aliphatic heterocycles. The maximum atomic E-state index is 12.6. The van der Waals surface area contributed by atoms with Gasteiger partial charge in [-0.05, 0) is 58.7 Å². The van der Waals surface area contributed by atoms with Crippen LogP contribution in [0.4, 0.5) is 11.5 Å². The van der Waals surface area contributed by atoms with Gasteiger partial charge in [0.15, 0.2) is 0 Å². The van der Waals surface area contributed by atoms with E-state index < -0.39 is 9.84 Å². The minimum absolute atomic E-state index is 0.0532. The topological polar surface area (TPSA) is 105 Å². The summed E-state index contributed by atoms with van der Waals surface area (Å²) >= 11 is 3.21. The van der Waals surface area contributed by atoms with Crippen molar-refractivity contribution in [1.82, 2.24) is 4.98 Å². The van der Waals surface area contributed by atoms with Crippen LogP contribution in [0.5, 0.6) is 0 Å². The lowest BCUT2D eigenvalue weighted by Crippen LogP contribution is -2.08. The molecule has 0 amide bonds. The lowest BCUT2D eigenvalue weighted by Gasteiger charge is -2.09. The lowest BCUT2D eigenvalue weighted by atomic mass is 10.3. The van der Waals surface area contributed by atoms with Crippen molar-refractivity contribution in [2.75, 3.05) is 24.2 Å². The zero-order chi connectivity index (χ0) is 16.2. The van der Waals surface area contributed by atoms with Crippen LogP contribution in [0, 0.1) is 0 Å². The number of hydrogen-bond acceptors (Lipinski definition) is 6. The first-order valence-electron chi connectivity index (χ1n) is 6.56. The van der Waals surface area contributed by atoms with Crippen LogP contribution in [0.25, 0.3) is 0 Å². The Hall–Kier alpha value is -1.64. The van der Waals surface area contributed by atoms with Crippen LogP contribution in [0.15, 0.2) is 50.8 Å². The maximum absolute atomic E-state index is 12.6. The van der Waals surface area contributed by atoms with Crippen LogP contribution in [0.1, 0.15) is 6.42 Å². The number of nitrogens with one attached hydrogen (secondary N) is 1. The number of aliphatic hydroxyl groups is 1. The van der Waals surface area contributed by atoms with Crippen LogP contribution in [0.2, 0.25) is 0 Å². The standard InChI is InChI=1S/C14H16BrN3O3S/c15-13-8-12(9-14(18-13)17-6-1-7-19)22(20,21)11-4-2-10(16)3-5-11/h2-5,8-9,19H,1,6-7,16H2,(H,17,18). The Labute approximate surface area is 137 Å². The summed E-state index contributed by atoms with van der Waals surface area (Å²) in [6, 6.07) is 8.94. The number of aliphatic hydroxyl groups excluding tert-OH is 1. The molecule has 0 saturated heterocycles. The van der Waals surface area contributed by atoms with E-state index in [1.165, 1.54) is 24.3 Å². The fourth-order valence-corrected chi connectivity index (χ4v) is 3.69. The van der Waals surface area contributed by atoms with Gasteiger partial charge in [-0.3, -0.25) is 0 Å². The molecule has 6 nitrogen and oxygen atoms in total. The summed E-state index contributed by atoms with van der Waals surface area (Å²) in [5, 5.41) is 11.8. The van der Waals surface area contributed by atoms with Crippen molar-refractivity contribution in [3.63, 3.8) is 0 Å². The molecule has 0 fully saturated rings. The molecule has 4 N–H and O–H groups in total. The molecule has 0 atom stereocenters. The number of pyridine rings is 1. The van der Waals surface area contributed by atoms with Crippen LogP contribution in [-0.4, -0.2) is 31.7 Å². The third-order valence-electron chi connectivity index (χ3n) is 2.91. The Kier molecular flexibility index (Phi) is 5.38. The van der Waals surface area contributed by atoms with Crippen molar-refractivity contribution >= 4 is 37.3 Å². The number of hydrogen-bond donors (Lipinski definition) is 3. The van der Waals surface area contributed by atoms with Crippen molar-refractivity contribution in [2.45, 2.75) is 16.2 Å². The summed E-state index contributed by atoms with van der Waals surface area (Å²) in [6.45, 7) is 0.554. The molecule has 0 aliphatic carbocycles. The highest BCUT2D eigenvalue weighted by molar-refractivity contribution is 9.10. The van der Waals surface area contributed by atoms with Gasteiger partial charge in [0.2, 0.25) is 9.84 Å². The highest BCUT2D eigenvalue weighted by atomic mass is 79.9. The molecule has 0 radical (unpaired) electrons. The lowest BCUT2D eigenvalue weighted by molar-refractivity contribution is 0.292. The van der Waals surface area contributed by atoms with Crippen molar-refractivity contribution < 1.29 is 13.5 Å². The predicted molar refractivity (Wildman–Crippen MR) is 88.4 cm³/mol. The summed E-state index contributed by atoms with van der Waals surface area (Å²) in [5.41, 5.74) is 6.08. The van der Waals surface area contributed by atoms with Gasteiger partial charge in [-0.25, -0.2) is 13.4 Å². The number of sulfone groups is 1. The molecule has 0 bridgehead atoms. The van der Waals surface area contributed by atoms with Gasteiger partial charge in [-0.15, -0.1) is 0 Å². The van der Waals surface area contributed by atoms with E-state index in [9.17, 15) is 8.42 Å². The second-order valence-corrected chi connectivity index (χ2v) is 7.35. The van der Waals surface area contributed by atoms with Crippen molar-refractivity contribution in [3.05, 3.63) is 41.0 Å². The van der Waals surface area contributed by atoms with Crippen LogP contribution in [-0.2, 0) is 9.84 Å². The number of aromatic nitrogens is 1. The molecule has 8 heteroatoms. The fraction of sp³-hybridized carbons (Fsp3) is 0.214. The van der Waals surface area contributed by atoms with E-state index in [0.717, 1.165) is 0 Å². The first-order chi connectivity index (χ1) is 10.4. The van der Waals surface area contributed by atoms with E-state index in [-0.39, 0.29) is 16.4 Å². The SMILES string of the molecule is Nc1ccc(S(=O)(=O)c2cc(Br)nc(NCCCO)c2)cc1. The monoisotopic (exact) mass is 385 g/mol. The first-order valence-corrected chi connectivity index (χ1v) is 8.84. The van der Waals surface area contributed by atoms with Crippen molar-refractivity contribution in [2.24, 2.45) is 0 Å². The Morgan fingerprint density at radius 2 is 1.86 bits per heavy atom. The van der Waals surface area contributed by atoms with E-state index >= 15 is 0 Å². The van der Waals surface area contributed by atoms with Crippen molar-refractivity contribution in [1.29, 1.82) is 0 Å². The quantitative estimate of drug-likeness (QED) is 0.399. The van der Waals surface area contributed by atoms with E-state index in [1.807, 2.05) is 0 Å². The number of rotatable bonds is 6. The van der Waals surface area contributed by atoms with Gasteiger partial charge < -0.3 is 16.2 Å². The maximum Gasteiger partial charge on any atom is 0.206 e. The molecule has 0 aliphatic rings. The largest absolute Gasteiger partial charge is 0.399 e. The van der Waals surface area contributed by atoms with Gasteiger partial charge in [0.05, 0.1) is 9.79 Å². The molecule has 0 unspecified atom stereocenters. The molecule has 2 aromatic rings. The average Bonchev–Trinajstić information content (AvgIpc) is 2.47. The Bertz CT molecular complexity index is 748. The summed E-state index contributed by atoms with van der Waals surface area (Å²) in [6.07, 6.45) is 0.550. The van der Waals surface area contributed by atoms with Gasteiger partial charge in [0.1, 0.15) is 10.4 Å². The Balaban J connectivity index is 2.36. The van der Waals surface area contributed by atoms with E-state index in [0.29, 0.717) is 29.1 Å². The van der Waals surface area contributed by atoms with E-state index in [4.69, 9.17) is 10.8 Å². The molecule has 22 heavy (non-hydrogen) atoms. The number of nitrogens with zero attached hydrogens (tertiary/aromatic N) is 1. The van der Waals surface area contributed by atoms with Gasteiger partial charge in [-0.1, -0.05) is 0 Å². The van der Waals surface area contributed by atoms with Gasteiger partial charge in [-0.2, -0.15) is 0 Å². The Morgan fingerprint density at radius 1 is 1.18 bits per heavy atom. The minimum atomic E-state index is -3.65. The van der Waals surface area contributed by atoms with Crippen LogP contribution < -0.4 is 11.1 Å². The molecule has 1 heterocycles. The fourth-order valence-electron chi connectivity index (χ4n) is 1.80. The summed E-state index contributed by atoms with van der Waals surface area (Å²) in [7, 11) is -3.65. The highest BCUT2D eigenvalue weighted by Gasteiger charge is 2.19. The summed E-state index contributed by atoms with van der Waals surface area (Å²) in [4.78, 5) is 4.46. The highest BCUT2D eigenvalue weighted by Crippen LogP contribution is 2.25. The third-order valence-corrected chi connectivity index (χ3v) is 5.06. The Morgan fingerprint density at radius 3 is 2.50 bits per heavy atom. The summed E-state index contributed by atoms with van der Waals surface area (Å²) < 4.78 is 25.7. The second kappa shape index (κ2) is 7.08. The molecular weight excluding hydrogens is 370 g/mol. The molecule has 0 saturated carbocycles. The molecule has 2 rings (SSSR count). The van der Waals surface area contributed by atoms with Gasteiger partial charge >= 0.3 is 0 Å². The first kappa shape index (κ1) is 16.7. The number of nitrogens with two attached hydrogens (primary N) is 1. The van der Waals surface area contributed by atoms with E-state index in [2.05, 4.69) is 26.2 Å². The van der Waals surface area contributed by atoms with Crippen LogP contribution >= 0.6 is 15.9 Å². The van der Waals surface area contributed by atoms with Crippen molar-refractivity contribution in [3.8, 4) is 0 Å². The number of halogens is 1. The molecule has 1 aromatic carbocycles. The smallest absolute Gasteiger partial charge is 0.206 e. The normalized spacial score (nSPS) is 11.4. The average molecular weight is 386 g/mol. The van der Waals surface area contributed by atoms with Gasteiger partial charge in [0.25, 0.3) is 0 Å². The van der Waals surface area contributed by atoms with Crippen LogP contribution in [0.3, 0.4) is 0 Å². The summed E-state index contributed by atoms with van der Waals surface area (Å²) in [5.74, 6) is 0.428. The predicted octanol–water partition coefficient (Wildman–Crippen LogP) is 2.05. The molecule has 0 spiro atoms. The second-order valence-electron chi connectivity index (χ2n) is 4.59. The van der Waals surface area contributed by atoms with E-state index in [1.54, 1.807) is 12.1 Å². The minimum Gasteiger partial charge on any atom is -0.399 e. The zero-order valence-corrected chi connectivity index (χ0v) is 14.1. The zero-order valence-electron chi connectivity index (χ0n) is 11.7. The molecule has 1 aromatic heterocycles. The number of anilines is 2. The van der Waals surface area contributed by atoms with Gasteiger partial charge in [0, 0.05) is 18.8 Å². The number of benzene rings is 1. The third kappa shape index (κ3) is 3.96. The number of nitrogen functional groups attached to an aromatic ring is 1.